The number of aliphatic carboxylic acids is 1. The maximum atomic E-state index is 10.7. The van der Waals surface area contributed by atoms with E-state index in [2.05, 4.69) is 5.10 Å². The van der Waals surface area contributed by atoms with E-state index in [1.165, 1.54) is 16.9 Å². The van der Waals surface area contributed by atoms with Crippen LogP contribution in [0.4, 0.5) is 0 Å². The summed E-state index contributed by atoms with van der Waals surface area (Å²) in [5.41, 5.74) is -0.0417. The van der Waals surface area contributed by atoms with Crippen LogP contribution in [0.2, 0.25) is 0 Å². The lowest BCUT2D eigenvalue weighted by atomic mass is 10.3. The van der Waals surface area contributed by atoms with Crippen molar-refractivity contribution in [2.24, 2.45) is 7.05 Å². The Morgan fingerprint density at radius 2 is 2.27 bits per heavy atom. The van der Waals surface area contributed by atoms with Crippen molar-refractivity contribution in [1.82, 2.24) is 9.78 Å². The van der Waals surface area contributed by atoms with Crippen LogP contribution in [-0.2, 0) is 11.8 Å². The van der Waals surface area contributed by atoms with Gasteiger partial charge in [-0.2, -0.15) is 5.10 Å². The van der Waals surface area contributed by atoms with Gasteiger partial charge in [0, 0.05) is 13.2 Å². The van der Waals surface area contributed by atoms with Crippen molar-refractivity contribution < 1.29 is 14.7 Å². The first-order chi connectivity index (χ1) is 5.11. The molecule has 0 bridgehead atoms. The zero-order valence-corrected chi connectivity index (χ0v) is 5.81. The average Bonchev–Trinajstić information content (AvgIpc) is 2.34. The summed E-state index contributed by atoms with van der Waals surface area (Å²) in [5, 5.41) is 11.9. The van der Waals surface area contributed by atoms with Gasteiger partial charge in [-0.3, -0.25) is 9.48 Å². The van der Waals surface area contributed by atoms with Gasteiger partial charge in [0.1, 0.15) is 5.69 Å². The predicted octanol–water partition coefficient (Wildman–Crippen LogP) is -0.313. The van der Waals surface area contributed by atoms with E-state index in [1.54, 1.807) is 7.05 Å². The fraction of sp³-hybridized carbons (Fsp3) is 0.167. The second-order valence-electron chi connectivity index (χ2n) is 2.01. The Balaban J connectivity index is 2.94. The second-order valence-corrected chi connectivity index (χ2v) is 2.01. The molecule has 1 heterocycles. The molecule has 5 nitrogen and oxygen atoms in total. The fourth-order valence-corrected chi connectivity index (χ4v) is 0.646. The monoisotopic (exact) mass is 154 g/mol. The maximum absolute atomic E-state index is 10.7. The van der Waals surface area contributed by atoms with Gasteiger partial charge in [0.05, 0.1) is 0 Å². The van der Waals surface area contributed by atoms with Gasteiger partial charge in [-0.25, -0.2) is 4.79 Å². The quantitative estimate of drug-likeness (QED) is 0.468. The van der Waals surface area contributed by atoms with E-state index in [0.29, 0.717) is 0 Å². The smallest absolute Gasteiger partial charge is 0.379 e. The minimum Gasteiger partial charge on any atom is -0.475 e. The first-order valence-electron chi connectivity index (χ1n) is 2.88. The number of carboxylic acids is 1. The first-order valence-corrected chi connectivity index (χ1v) is 2.88. The van der Waals surface area contributed by atoms with E-state index in [1.807, 2.05) is 0 Å². The number of carbonyl (C=O) groups is 2. The highest BCUT2D eigenvalue weighted by molar-refractivity contribution is 6.39. The van der Waals surface area contributed by atoms with E-state index in [4.69, 9.17) is 5.11 Å². The summed E-state index contributed by atoms with van der Waals surface area (Å²) in [6.45, 7) is 0. The number of rotatable bonds is 2. The minimum absolute atomic E-state index is 0.0417. The van der Waals surface area contributed by atoms with Gasteiger partial charge >= 0.3 is 5.97 Å². The molecular weight excluding hydrogens is 148 g/mol. The molecule has 0 aliphatic carbocycles. The zero-order chi connectivity index (χ0) is 8.43. The molecule has 0 amide bonds. The largest absolute Gasteiger partial charge is 0.475 e. The molecule has 1 rings (SSSR count). The highest BCUT2D eigenvalue weighted by Gasteiger charge is 2.16. The molecule has 0 saturated heterocycles. The van der Waals surface area contributed by atoms with E-state index in [-0.39, 0.29) is 5.69 Å². The van der Waals surface area contributed by atoms with Crippen molar-refractivity contribution >= 4 is 11.8 Å². The van der Waals surface area contributed by atoms with E-state index in [0.717, 1.165) is 0 Å². The molecule has 5 heteroatoms. The number of hydrogen-bond acceptors (Lipinski definition) is 3. The Kier molecular flexibility index (Phi) is 1.72. The third-order valence-corrected chi connectivity index (χ3v) is 1.14. The van der Waals surface area contributed by atoms with Gasteiger partial charge in [-0.05, 0) is 6.07 Å². The summed E-state index contributed by atoms with van der Waals surface area (Å²) in [7, 11) is 1.61. The van der Waals surface area contributed by atoms with Crippen LogP contribution in [0.1, 0.15) is 10.5 Å². The normalized spacial score (nSPS) is 9.55. The summed E-state index contributed by atoms with van der Waals surface area (Å²) < 4.78 is 1.37. The van der Waals surface area contributed by atoms with Crippen molar-refractivity contribution in [1.29, 1.82) is 0 Å². The Hall–Kier alpha value is -1.65. The fourth-order valence-electron chi connectivity index (χ4n) is 0.646. The molecule has 0 fully saturated rings. The minimum atomic E-state index is -1.48. The van der Waals surface area contributed by atoms with Crippen LogP contribution in [0, 0.1) is 0 Å². The molecule has 0 atom stereocenters. The molecule has 11 heavy (non-hydrogen) atoms. The lowest BCUT2D eigenvalue weighted by Gasteiger charge is -1.86. The van der Waals surface area contributed by atoms with Crippen LogP contribution in [0.5, 0.6) is 0 Å². The second kappa shape index (κ2) is 2.53. The molecule has 0 aliphatic heterocycles. The maximum Gasteiger partial charge on any atom is 0.379 e. The Morgan fingerprint density at radius 1 is 1.64 bits per heavy atom. The number of carboxylic acid groups (broad SMARTS) is 1. The van der Waals surface area contributed by atoms with Crippen LogP contribution >= 0.6 is 0 Å². The van der Waals surface area contributed by atoms with E-state index < -0.39 is 11.8 Å². The van der Waals surface area contributed by atoms with Gasteiger partial charge in [0.25, 0.3) is 5.78 Å². The lowest BCUT2D eigenvalue weighted by Crippen LogP contribution is -2.13. The molecule has 0 spiro atoms. The van der Waals surface area contributed by atoms with Gasteiger partial charge in [0.15, 0.2) is 0 Å². The van der Waals surface area contributed by atoms with Crippen molar-refractivity contribution in [3.63, 3.8) is 0 Å². The zero-order valence-electron chi connectivity index (χ0n) is 5.81. The summed E-state index contributed by atoms with van der Waals surface area (Å²) in [6.07, 6.45) is 1.51. The molecule has 1 aromatic rings. The average molecular weight is 154 g/mol. The van der Waals surface area contributed by atoms with Crippen molar-refractivity contribution in [2.75, 3.05) is 0 Å². The van der Waals surface area contributed by atoms with Crippen LogP contribution < -0.4 is 0 Å². The van der Waals surface area contributed by atoms with Gasteiger partial charge in [0.2, 0.25) is 0 Å². The summed E-state index contributed by atoms with van der Waals surface area (Å²) in [4.78, 5) is 20.8. The van der Waals surface area contributed by atoms with Crippen LogP contribution in [-0.4, -0.2) is 26.6 Å². The summed E-state index contributed by atoms with van der Waals surface area (Å²) >= 11 is 0. The van der Waals surface area contributed by atoms with Crippen LogP contribution in [0.3, 0.4) is 0 Å². The molecule has 0 radical (unpaired) electrons. The summed E-state index contributed by atoms with van der Waals surface area (Å²) in [5.74, 6) is -2.46. The van der Waals surface area contributed by atoms with E-state index >= 15 is 0 Å². The molecule has 0 saturated carbocycles. The number of Topliss-reactive ketones (excluding diaryl/α,β-unsaturated/α-hetero) is 1. The molecule has 0 aromatic carbocycles. The molecule has 1 aromatic heterocycles. The van der Waals surface area contributed by atoms with Crippen molar-refractivity contribution in [3.8, 4) is 0 Å². The SMILES string of the molecule is Cn1ccc(C(=O)C(=O)O)n1. The number of carbonyl (C=O) groups excluding carboxylic acids is 1. The molecule has 1 N–H and O–H groups in total. The lowest BCUT2D eigenvalue weighted by molar-refractivity contribution is -0.131. The van der Waals surface area contributed by atoms with Crippen molar-refractivity contribution in [3.05, 3.63) is 18.0 Å². The topological polar surface area (TPSA) is 72.2 Å². The Labute approximate surface area is 62.3 Å². The van der Waals surface area contributed by atoms with Gasteiger partial charge < -0.3 is 5.11 Å². The first kappa shape index (κ1) is 7.46. The van der Waals surface area contributed by atoms with Gasteiger partial charge in [-0.1, -0.05) is 0 Å². The van der Waals surface area contributed by atoms with Crippen molar-refractivity contribution in [2.45, 2.75) is 0 Å². The molecule has 0 aliphatic rings. The third-order valence-electron chi connectivity index (χ3n) is 1.14. The molecule has 0 unspecified atom stereocenters. The number of hydrogen-bond donors (Lipinski definition) is 1. The molecule has 58 valence electrons. The highest BCUT2D eigenvalue weighted by Crippen LogP contribution is 1.94. The standard InChI is InChI=1S/C6H6N2O3/c1-8-3-2-4(7-8)5(9)6(10)11/h2-3H,1H3,(H,10,11). The third kappa shape index (κ3) is 1.43. The predicted molar refractivity (Wildman–Crippen MR) is 35.2 cm³/mol. The number of nitrogens with zero attached hydrogens (tertiary/aromatic N) is 2. The molecular formula is C6H6N2O3. The van der Waals surface area contributed by atoms with Crippen LogP contribution in [0.15, 0.2) is 12.3 Å². The number of aryl methyl sites for hydroxylation is 1. The van der Waals surface area contributed by atoms with Crippen LogP contribution in [0.25, 0.3) is 0 Å². The Morgan fingerprint density at radius 3 is 2.64 bits per heavy atom. The Bertz CT molecular complexity index is 303. The van der Waals surface area contributed by atoms with E-state index in [9.17, 15) is 9.59 Å². The summed E-state index contributed by atoms with van der Waals surface area (Å²) in [6, 6.07) is 1.36. The highest BCUT2D eigenvalue weighted by atomic mass is 16.4. The number of ketones is 1. The number of aromatic nitrogens is 2. The van der Waals surface area contributed by atoms with Gasteiger partial charge in [-0.15, -0.1) is 0 Å².